The van der Waals surface area contributed by atoms with Crippen molar-refractivity contribution in [2.45, 2.75) is 0 Å². The predicted octanol–water partition coefficient (Wildman–Crippen LogP) is -0.955. The van der Waals surface area contributed by atoms with Crippen molar-refractivity contribution in [1.82, 2.24) is 0 Å². The van der Waals surface area contributed by atoms with E-state index in [9.17, 15) is 19.2 Å². The zero-order valence-electron chi connectivity index (χ0n) is 10.1. The van der Waals surface area contributed by atoms with Crippen LogP contribution in [0.2, 0.25) is 0 Å². The van der Waals surface area contributed by atoms with E-state index in [4.69, 9.17) is 11.5 Å². The maximum atomic E-state index is 12.4. The fourth-order valence-electron chi connectivity index (χ4n) is 2.34. The Labute approximate surface area is 110 Å². The summed E-state index contributed by atoms with van der Waals surface area (Å²) < 4.78 is 0. The van der Waals surface area contributed by atoms with Gasteiger partial charge < -0.3 is 11.5 Å². The Bertz CT molecular complexity index is 1140. The number of anilines is 2. The zero-order valence-corrected chi connectivity index (χ0v) is 10.1. The van der Waals surface area contributed by atoms with Gasteiger partial charge in [-0.05, 0) is 0 Å². The molecule has 0 radical (unpaired) electrons. The summed E-state index contributed by atoms with van der Waals surface area (Å²) in [4.78, 5) is 48.2. The molecule has 0 atom stereocenters. The fourth-order valence-corrected chi connectivity index (χ4v) is 2.34. The minimum atomic E-state index is -1.08. The van der Waals surface area contributed by atoms with E-state index in [1.807, 2.05) is 0 Å². The first-order valence-corrected chi connectivity index (χ1v) is 5.72. The van der Waals surface area contributed by atoms with Gasteiger partial charge in [-0.25, -0.2) is 0 Å². The summed E-state index contributed by atoms with van der Waals surface area (Å²) in [5.41, 5.74) is 6.89. The molecule has 2 aliphatic rings. The highest BCUT2D eigenvalue weighted by atomic mass is 16.2. The number of hydrogen-bond donors (Lipinski definition) is 2. The molecule has 4 N–H and O–H groups in total. The smallest absolute Gasteiger partial charge is 0.251 e. The summed E-state index contributed by atoms with van der Waals surface area (Å²) in [6.45, 7) is 0. The molecule has 2 aliphatic carbocycles. The van der Waals surface area contributed by atoms with Crippen LogP contribution < -0.4 is 33.2 Å². The summed E-state index contributed by atoms with van der Waals surface area (Å²) in [6.07, 6.45) is 0. The van der Waals surface area contributed by atoms with Gasteiger partial charge in [0.05, 0.1) is 16.1 Å². The minimum absolute atomic E-state index is 0.0886. The van der Waals surface area contributed by atoms with E-state index >= 15 is 0 Å². The van der Waals surface area contributed by atoms with Gasteiger partial charge in [-0.3, -0.25) is 19.2 Å². The van der Waals surface area contributed by atoms with Gasteiger partial charge in [-0.15, -0.1) is 0 Å². The number of nitrogens with two attached hydrogens (primary N) is 2. The molecule has 98 valence electrons. The number of fused-ring (bicyclic) bond motifs is 1. The van der Waals surface area contributed by atoms with Crippen LogP contribution in [-0.4, -0.2) is 0 Å². The lowest BCUT2D eigenvalue weighted by molar-refractivity contribution is 1.32. The molecular weight excluding hydrogens is 260 g/mol. The molecule has 1 aromatic rings. The topological polar surface area (TPSA) is 120 Å². The van der Waals surface area contributed by atoms with Gasteiger partial charge in [-0.2, -0.15) is 0 Å². The van der Waals surface area contributed by atoms with Gasteiger partial charge in [0, 0.05) is 10.8 Å². The molecule has 0 aromatic heterocycles. The van der Waals surface area contributed by atoms with E-state index in [1.54, 1.807) is 12.1 Å². The van der Waals surface area contributed by atoms with E-state index in [0.717, 1.165) is 0 Å². The molecule has 0 amide bonds. The monoisotopic (exact) mass is 268 g/mol. The highest BCUT2D eigenvalue weighted by Gasteiger charge is 2.17. The van der Waals surface area contributed by atoms with Crippen LogP contribution in [-0.2, 0) is 0 Å². The molecule has 0 heterocycles. The van der Waals surface area contributed by atoms with Gasteiger partial charge in [0.1, 0.15) is 5.69 Å². The van der Waals surface area contributed by atoms with Crippen LogP contribution in [0.3, 0.4) is 0 Å². The third-order valence-electron chi connectivity index (χ3n) is 3.36. The van der Waals surface area contributed by atoms with Gasteiger partial charge in [0.25, 0.3) is 5.43 Å². The normalized spacial score (nSPS) is 11.2. The Kier molecular flexibility index (Phi) is 2.25. The lowest BCUT2D eigenvalue weighted by Crippen LogP contribution is -2.35. The number of rotatable bonds is 0. The molecule has 6 heteroatoms. The van der Waals surface area contributed by atoms with E-state index < -0.39 is 32.6 Å². The zero-order chi connectivity index (χ0) is 14.6. The van der Waals surface area contributed by atoms with Crippen LogP contribution in [0.4, 0.5) is 11.4 Å². The molecule has 0 unspecified atom stereocenters. The molecule has 0 aliphatic heterocycles. The Morgan fingerprint density at radius 1 is 0.600 bits per heavy atom. The number of nitrogen functional groups attached to an aromatic ring is 2. The second-order valence-electron chi connectivity index (χ2n) is 4.44. The Morgan fingerprint density at radius 2 is 1.10 bits per heavy atom. The first-order valence-electron chi connectivity index (χ1n) is 5.72. The second-order valence-corrected chi connectivity index (χ2v) is 4.44. The molecule has 20 heavy (non-hydrogen) atoms. The lowest BCUT2D eigenvalue weighted by atomic mass is 10.0. The van der Waals surface area contributed by atoms with Gasteiger partial charge in [0.2, 0.25) is 5.43 Å². The predicted molar refractivity (Wildman–Crippen MR) is 75.5 cm³/mol. The van der Waals surface area contributed by atoms with Crippen LogP contribution in [0.25, 0.3) is 10.8 Å². The van der Waals surface area contributed by atoms with E-state index in [-0.39, 0.29) is 21.7 Å². The summed E-state index contributed by atoms with van der Waals surface area (Å²) in [7, 11) is 0. The molecule has 0 bridgehead atoms. The molecule has 6 nitrogen and oxygen atoms in total. The van der Waals surface area contributed by atoms with Crippen molar-refractivity contribution in [3.8, 4) is 0 Å². The first-order chi connectivity index (χ1) is 9.45. The van der Waals surface area contributed by atoms with Gasteiger partial charge >= 0.3 is 0 Å². The Hall–Kier alpha value is -3.02. The third kappa shape index (κ3) is 1.27. The molecule has 3 rings (SSSR count). The number of benzene rings is 1. The summed E-state index contributed by atoms with van der Waals surface area (Å²) in [6, 6.07) is 6.05. The van der Waals surface area contributed by atoms with E-state index in [0.29, 0.717) is 0 Å². The van der Waals surface area contributed by atoms with Crippen LogP contribution in [0.5, 0.6) is 0 Å². The van der Waals surface area contributed by atoms with Crippen LogP contribution >= 0.6 is 0 Å². The van der Waals surface area contributed by atoms with Crippen molar-refractivity contribution in [1.29, 1.82) is 0 Å². The van der Waals surface area contributed by atoms with Crippen LogP contribution in [0.15, 0.2) is 43.4 Å². The highest BCUT2D eigenvalue weighted by molar-refractivity contribution is 5.83. The highest BCUT2D eigenvalue weighted by Crippen LogP contribution is 2.11. The largest absolute Gasteiger partial charge is 0.396 e. The molecule has 0 saturated heterocycles. The third-order valence-corrected chi connectivity index (χ3v) is 3.36. The average molecular weight is 268 g/mol. The summed E-state index contributed by atoms with van der Waals surface area (Å²) >= 11 is 0. The SMILES string of the molecule is Nc1c(N)c2c(=O)c3ccccc3c(=O)c=2c(=O)c1=O. The maximum absolute atomic E-state index is 12.4. The summed E-state index contributed by atoms with van der Waals surface area (Å²) in [5.74, 6) is 0. The molecule has 0 saturated carbocycles. The van der Waals surface area contributed by atoms with Crippen molar-refractivity contribution in [2.75, 3.05) is 11.5 Å². The average Bonchev–Trinajstić information content (AvgIpc) is 2.46. The van der Waals surface area contributed by atoms with E-state index in [2.05, 4.69) is 0 Å². The molecule has 0 spiro atoms. The van der Waals surface area contributed by atoms with Crippen molar-refractivity contribution < 1.29 is 0 Å². The van der Waals surface area contributed by atoms with Crippen molar-refractivity contribution in [3.63, 3.8) is 0 Å². The van der Waals surface area contributed by atoms with Crippen LogP contribution in [0.1, 0.15) is 0 Å². The molecular formula is C14H8N2O4. The second kappa shape index (κ2) is 3.74. The lowest BCUT2D eigenvalue weighted by Gasteiger charge is -2.02. The van der Waals surface area contributed by atoms with Crippen molar-refractivity contribution >= 4 is 22.1 Å². The van der Waals surface area contributed by atoms with Crippen molar-refractivity contribution in [3.05, 3.63) is 75.6 Å². The Balaban J connectivity index is 3.00. The minimum Gasteiger partial charge on any atom is -0.396 e. The molecule has 1 aromatic carbocycles. The standard InChI is InChI=1S/C14H8N2O4/c15-9-7-8(13(19)14(20)10(9)16)12(18)6-4-2-1-3-5(6)11(7)17/h1-4H,15-16H2. The fraction of sp³-hybridized carbons (Fsp3) is 0. The van der Waals surface area contributed by atoms with Crippen molar-refractivity contribution in [2.24, 2.45) is 0 Å². The molecule has 0 fully saturated rings. The first kappa shape index (κ1) is 12.0. The van der Waals surface area contributed by atoms with E-state index in [1.165, 1.54) is 12.1 Å². The quantitative estimate of drug-likeness (QED) is 0.507. The van der Waals surface area contributed by atoms with Gasteiger partial charge in [-0.1, -0.05) is 24.3 Å². The Morgan fingerprint density at radius 3 is 1.65 bits per heavy atom. The van der Waals surface area contributed by atoms with Crippen LogP contribution in [0, 0.1) is 10.4 Å². The number of hydrogen-bond acceptors (Lipinski definition) is 6. The maximum Gasteiger partial charge on any atom is 0.251 e. The van der Waals surface area contributed by atoms with Gasteiger partial charge in [0.15, 0.2) is 10.9 Å². The summed E-state index contributed by atoms with van der Waals surface area (Å²) in [5, 5.41) is -0.513.